The first-order valence-electron chi connectivity index (χ1n) is 11.5. The van der Waals surface area contributed by atoms with Crippen LogP contribution in [0.4, 0.5) is 10.1 Å². The molecule has 0 aliphatic carbocycles. The summed E-state index contributed by atoms with van der Waals surface area (Å²) in [4.78, 5) is 14.8. The third kappa shape index (κ3) is 5.15. The molecule has 0 atom stereocenters. The van der Waals surface area contributed by atoms with Gasteiger partial charge in [-0.2, -0.15) is 4.31 Å². The fourth-order valence-electron chi connectivity index (χ4n) is 5.39. The Morgan fingerprint density at radius 3 is 2.53 bits per heavy atom. The van der Waals surface area contributed by atoms with Crippen LogP contribution in [0, 0.1) is 18.2 Å². The Balaban J connectivity index is 1.40. The van der Waals surface area contributed by atoms with Gasteiger partial charge in [0.2, 0.25) is 15.9 Å². The molecular formula is C25H31ClFN3O3S. The smallest absolute Gasteiger partial charge is 0.243 e. The van der Waals surface area contributed by atoms with E-state index in [0.29, 0.717) is 30.3 Å². The van der Waals surface area contributed by atoms with Crippen molar-refractivity contribution < 1.29 is 17.6 Å². The molecule has 34 heavy (non-hydrogen) atoms. The zero-order valence-electron chi connectivity index (χ0n) is 19.8. The molecule has 6 nitrogen and oxygen atoms in total. The van der Waals surface area contributed by atoms with Gasteiger partial charge in [-0.15, -0.1) is 0 Å². The van der Waals surface area contributed by atoms with E-state index in [1.54, 1.807) is 28.6 Å². The van der Waals surface area contributed by atoms with E-state index in [1.165, 1.54) is 18.2 Å². The van der Waals surface area contributed by atoms with Crippen molar-refractivity contribution in [2.45, 2.75) is 50.5 Å². The molecule has 184 valence electrons. The molecule has 1 N–H and O–H groups in total. The summed E-state index contributed by atoms with van der Waals surface area (Å²) < 4.78 is 42.0. The number of carbonyl (C=O) groups is 1. The number of rotatable bonds is 5. The van der Waals surface area contributed by atoms with Crippen molar-refractivity contribution in [1.29, 1.82) is 0 Å². The lowest BCUT2D eigenvalue weighted by molar-refractivity contribution is -0.117. The second-order valence-electron chi connectivity index (χ2n) is 10.2. The Labute approximate surface area is 206 Å². The normalized spacial score (nSPS) is 20.5. The van der Waals surface area contributed by atoms with Crippen LogP contribution < -0.4 is 5.32 Å². The number of nitrogens with one attached hydrogen (secondary N) is 1. The molecule has 2 aliphatic rings. The molecule has 2 aromatic carbocycles. The van der Waals surface area contributed by atoms with Gasteiger partial charge < -0.3 is 5.32 Å². The van der Waals surface area contributed by atoms with E-state index in [9.17, 15) is 17.6 Å². The minimum Gasteiger partial charge on any atom is -0.325 e. The van der Waals surface area contributed by atoms with Crippen LogP contribution >= 0.6 is 11.6 Å². The number of amides is 1. The SMILES string of the molecule is Cc1ccc(F)cc1NC(=O)CN1CCC2(CC1)CN(S(=O)(=O)c1cccc(Cl)c1)C(C)(C)C2. The van der Waals surface area contributed by atoms with Gasteiger partial charge in [0.25, 0.3) is 0 Å². The largest absolute Gasteiger partial charge is 0.325 e. The molecule has 1 spiro atoms. The summed E-state index contributed by atoms with van der Waals surface area (Å²) in [6.07, 6.45) is 2.39. The van der Waals surface area contributed by atoms with E-state index in [-0.39, 0.29) is 28.6 Å². The van der Waals surface area contributed by atoms with Crippen molar-refractivity contribution in [3.63, 3.8) is 0 Å². The van der Waals surface area contributed by atoms with Gasteiger partial charge in [0.15, 0.2) is 0 Å². The standard InChI is InChI=1S/C25H31ClFN3O3S/c1-18-7-8-20(27)14-22(18)28-23(31)15-29-11-9-25(10-12-29)16-24(2,3)30(17-25)34(32,33)21-6-4-5-19(26)13-21/h4-8,13-14H,9-12,15-17H2,1-3H3,(H,28,31). The molecule has 9 heteroatoms. The number of sulfonamides is 1. The minimum absolute atomic E-state index is 0.124. The number of likely N-dealkylation sites (tertiary alicyclic amines) is 1. The molecule has 4 rings (SSSR count). The van der Waals surface area contributed by atoms with Crippen molar-refractivity contribution in [1.82, 2.24) is 9.21 Å². The highest BCUT2D eigenvalue weighted by Crippen LogP contribution is 2.49. The number of carbonyl (C=O) groups excluding carboxylic acids is 1. The predicted octanol–water partition coefficient (Wildman–Crippen LogP) is 4.68. The van der Waals surface area contributed by atoms with Crippen LogP contribution in [0.15, 0.2) is 47.4 Å². The van der Waals surface area contributed by atoms with E-state index in [4.69, 9.17) is 11.6 Å². The summed E-state index contributed by atoms with van der Waals surface area (Å²) in [6, 6.07) is 10.7. The number of aryl methyl sites for hydroxylation is 1. The quantitative estimate of drug-likeness (QED) is 0.638. The Kier molecular flexibility index (Phi) is 6.81. The number of nitrogens with zero attached hydrogens (tertiary/aromatic N) is 2. The maximum Gasteiger partial charge on any atom is 0.243 e. The molecular weight excluding hydrogens is 477 g/mol. The van der Waals surface area contributed by atoms with Crippen LogP contribution in [-0.2, 0) is 14.8 Å². The molecule has 0 unspecified atom stereocenters. The maximum absolute atomic E-state index is 13.5. The average molecular weight is 508 g/mol. The van der Waals surface area contributed by atoms with Gasteiger partial charge in [-0.25, -0.2) is 12.8 Å². The van der Waals surface area contributed by atoms with Crippen molar-refractivity contribution in [3.8, 4) is 0 Å². The lowest BCUT2D eigenvalue weighted by atomic mass is 9.74. The first-order chi connectivity index (χ1) is 15.9. The third-order valence-electron chi connectivity index (χ3n) is 7.10. The highest BCUT2D eigenvalue weighted by atomic mass is 35.5. The van der Waals surface area contributed by atoms with Gasteiger partial charge in [-0.05, 0) is 94.4 Å². The molecule has 0 bridgehead atoms. The lowest BCUT2D eigenvalue weighted by Crippen LogP contribution is -2.45. The molecule has 2 saturated heterocycles. The van der Waals surface area contributed by atoms with E-state index >= 15 is 0 Å². The summed E-state index contributed by atoms with van der Waals surface area (Å²) in [6.45, 7) is 7.87. The summed E-state index contributed by atoms with van der Waals surface area (Å²) in [5.41, 5.74) is 0.649. The Hall–Kier alpha value is -2.00. The number of hydrogen-bond donors (Lipinski definition) is 1. The Morgan fingerprint density at radius 1 is 1.15 bits per heavy atom. The number of anilines is 1. The molecule has 1 amide bonds. The topological polar surface area (TPSA) is 69.7 Å². The van der Waals surface area contributed by atoms with Gasteiger partial charge in [-0.3, -0.25) is 9.69 Å². The van der Waals surface area contributed by atoms with Crippen LogP contribution in [-0.4, -0.2) is 55.2 Å². The van der Waals surface area contributed by atoms with Crippen LogP contribution in [0.3, 0.4) is 0 Å². The summed E-state index contributed by atoms with van der Waals surface area (Å²) in [5, 5.41) is 3.20. The van der Waals surface area contributed by atoms with Crippen LogP contribution in [0.1, 0.15) is 38.7 Å². The summed E-state index contributed by atoms with van der Waals surface area (Å²) >= 11 is 6.06. The summed E-state index contributed by atoms with van der Waals surface area (Å²) in [5.74, 6) is -0.566. The van der Waals surface area contributed by atoms with Gasteiger partial charge in [-0.1, -0.05) is 23.7 Å². The minimum atomic E-state index is -3.68. The first-order valence-corrected chi connectivity index (χ1v) is 13.3. The monoisotopic (exact) mass is 507 g/mol. The van der Waals surface area contributed by atoms with Crippen molar-refractivity contribution in [2.75, 3.05) is 31.5 Å². The molecule has 2 aliphatic heterocycles. The molecule has 0 radical (unpaired) electrons. The zero-order chi connectivity index (χ0) is 24.7. The van der Waals surface area contributed by atoms with Crippen LogP contribution in [0.2, 0.25) is 5.02 Å². The Morgan fingerprint density at radius 2 is 1.85 bits per heavy atom. The van der Waals surface area contributed by atoms with Crippen molar-refractivity contribution in [2.24, 2.45) is 5.41 Å². The fraction of sp³-hybridized carbons (Fsp3) is 0.480. The van der Waals surface area contributed by atoms with Crippen LogP contribution in [0.5, 0.6) is 0 Å². The number of halogens is 2. The number of hydrogen-bond acceptors (Lipinski definition) is 4. The maximum atomic E-state index is 13.5. The molecule has 2 aromatic rings. The van der Waals surface area contributed by atoms with Gasteiger partial charge in [0.1, 0.15) is 5.82 Å². The number of benzene rings is 2. The van der Waals surface area contributed by atoms with E-state index in [1.807, 2.05) is 20.8 Å². The van der Waals surface area contributed by atoms with E-state index < -0.39 is 15.6 Å². The Bertz CT molecular complexity index is 1190. The molecule has 0 aromatic heterocycles. The average Bonchev–Trinajstić information content (AvgIpc) is 3.03. The highest BCUT2D eigenvalue weighted by Gasteiger charge is 2.53. The number of piperidine rings is 1. The first kappa shape index (κ1) is 25.1. The fourth-order valence-corrected chi connectivity index (χ4v) is 7.58. The zero-order valence-corrected chi connectivity index (χ0v) is 21.3. The third-order valence-corrected chi connectivity index (χ3v) is 9.39. The predicted molar refractivity (Wildman–Crippen MR) is 132 cm³/mol. The summed E-state index contributed by atoms with van der Waals surface area (Å²) in [7, 11) is -3.68. The van der Waals surface area contributed by atoms with Gasteiger partial charge in [0, 0.05) is 22.8 Å². The van der Waals surface area contributed by atoms with Crippen molar-refractivity contribution >= 4 is 33.2 Å². The van der Waals surface area contributed by atoms with Gasteiger partial charge in [0.05, 0.1) is 11.4 Å². The van der Waals surface area contributed by atoms with Crippen molar-refractivity contribution in [3.05, 3.63) is 58.9 Å². The molecule has 2 fully saturated rings. The lowest BCUT2D eigenvalue weighted by Gasteiger charge is -2.39. The molecule has 0 saturated carbocycles. The van der Waals surface area contributed by atoms with E-state index in [0.717, 1.165) is 24.8 Å². The van der Waals surface area contributed by atoms with E-state index in [2.05, 4.69) is 10.2 Å². The highest BCUT2D eigenvalue weighted by molar-refractivity contribution is 7.89. The van der Waals surface area contributed by atoms with Gasteiger partial charge >= 0.3 is 0 Å². The second-order valence-corrected chi connectivity index (χ2v) is 12.5. The second kappa shape index (κ2) is 9.22. The molecule has 2 heterocycles. The van der Waals surface area contributed by atoms with Crippen LogP contribution in [0.25, 0.3) is 0 Å².